The highest BCUT2D eigenvalue weighted by Gasteiger charge is 2.41. The first-order valence-electron chi connectivity index (χ1n) is 9.81. The van der Waals surface area contributed by atoms with Gasteiger partial charge in [-0.25, -0.2) is 0 Å². The van der Waals surface area contributed by atoms with Crippen LogP contribution in [0.15, 0.2) is 0 Å². The Balaban J connectivity index is 3.37. The van der Waals surface area contributed by atoms with Gasteiger partial charge in [0, 0.05) is 0 Å². The number of nitrogens with one attached hydrogen (secondary N) is 2. The average Bonchev–Trinajstić information content (AvgIpc) is 2.58. The minimum absolute atomic E-state index is 0.00161. The van der Waals surface area contributed by atoms with E-state index >= 15 is 0 Å². The fraction of sp³-hybridized carbons (Fsp3) is 0.842. The van der Waals surface area contributed by atoms with E-state index in [1.54, 1.807) is 4.67 Å². The quantitative estimate of drug-likeness (QED) is 0.661. The first-order valence-corrected chi connectivity index (χ1v) is 11.0. The molecule has 0 radical (unpaired) electrons. The van der Waals surface area contributed by atoms with Crippen molar-refractivity contribution in [2.45, 2.75) is 79.4 Å². The van der Waals surface area contributed by atoms with E-state index in [0.29, 0.717) is 6.42 Å². The van der Waals surface area contributed by atoms with Gasteiger partial charge < -0.3 is 15.3 Å². The molecule has 0 aliphatic carbocycles. The van der Waals surface area contributed by atoms with Gasteiger partial charge in [-0.1, -0.05) is 54.9 Å². The monoisotopic (exact) mass is 385 g/mol. The van der Waals surface area contributed by atoms with Crippen molar-refractivity contribution < 1.29 is 14.4 Å². The van der Waals surface area contributed by atoms with Gasteiger partial charge in [-0.15, -0.1) is 0 Å². The van der Waals surface area contributed by atoms with Crippen molar-refractivity contribution in [3.63, 3.8) is 0 Å². The van der Waals surface area contributed by atoms with Gasteiger partial charge >= 0.3 is 0 Å². The van der Waals surface area contributed by atoms with Gasteiger partial charge in [0.05, 0.1) is 0 Å². The summed E-state index contributed by atoms with van der Waals surface area (Å²) in [5, 5.41) is 5.87. The Hall–Kier alpha value is -1.16. The number of hydrogen-bond acceptors (Lipinski definition) is 3. The maximum absolute atomic E-state index is 13.3. The Morgan fingerprint density at radius 3 is 2.08 bits per heavy atom. The van der Waals surface area contributed by atoms with E-state index in [9.17, 15) is 14.4 Å². The van der Waals surface area contributed by atoms with Crippen LogP contribution in [0, 0.1) is 17.8 Å². The summed E-state index contributed by atoms with van der Waals surface area (Å²) >= 11 is 0. The molecule has 26 heavy (non-hydrogen) atoms. The van der Waals surface area contributed by atoms with Crippen LogP contribution in [0.25, 0.3) is 0 Å². The van der Waals surface area contributed by atoms with Crippen LogP contribution in [0.1, 0.15) is 61.3 Å². The first kappa shape index (κ1) is 22.9. The molecule has 1 saturated heterocycles. The standard InChI is InChI=1S/C19H36N3O3P/c1-8-13(7)15-17(23)20-14(10-11(3)4)19(25)22(26-9-2)16(12(5)6)18(24)21-15/h11-16,26H,8-10H2,1-7H3,(H,20,23)(H,21,24)/t13?,14-,15-,16-/m0/s1. The predicted molar refractivity (Wildman–Crippen MR) is 107 cm³/mol. The van der Waals surface area contributed by atoms with E-state index in [-0.39, 0.29) is 44.2 Å². The number of nitrogens with zero attached hydrogens (tertiary/aromatic N) is 1. The zero-order valence-corrected chi connectivity index (χ0v) is 18.3. The zero-order valence-electron chi connectivity index (χ0n) is 17.3. The third kappa shape index (κ3) is 5.67. The van der Waals surface area contributed by atoms with Crippen molar-refractivity contribution in [3.05, 3.63) is 0 Å². The summed E-state index contributed by atoms with van der Waals surface area (Å²) in [4.78, 5) is 39.1. The second-order valence-electron chi connectivity index (χ2n) is 7.97. The maximum atomic E-state index is 13.3. The van der Waals surface area contributed by atoms with Gasteiger partial charge in [-0.3, -0.25) is 14.4 Å². The third-order valence-corrected chi connectivity index (χ3v) is 6.01. The van der Waals surface area contributed by atoms with Gasteiger partial charge in [0.1, 0.15) is 18.1 Å². The summed E-state index contributed by atoms with van der Waals surface area (Å²) in [5.41, 5.74) is 0. The van der Waals surface area contributed by atoms with Crippen LogP contribution in [-0.2, 0) is 14.4 Å². The highest BCUT2D eigenvalue weighted by Crippen LogP contribution is 2.29. The molecular formula is C19H36N3O3P. The lowest BCUT2D eigenvalue weighted by atomic mass is 9.96. The molecule has 0 aromatic rings. The molecule has 7 heteroatoms. The second-order valence-corrected chi connectivity index (χ2v) is 9.48. The fourth-order valence-corrected chi connectivity index (χ4v) is 4.53. The normalized spacial score (nSPS) is 26.7. The summed E-state index contributed by atoms with van der Waals surface area (Å²) in [6.45, 7) is 13.9. The zero-order chi connectivity index (χ0) is 20.0. The summed E-state index contributed by atoms with van der Waals surface area (Å²) in [6.07, 6.45) is 2.13. The Kier molecular flexibility index (Phi) is 9.02. The molecule has 1 aliphatic rings. The van der Waals surface area contributed by atoms with Crippen LogP contribution in [0.2, 0.25) is 0 Å². The molecule has 0 bridgehead atoms. The van der Waals surface area contributed by atoms with Crippen molar-refractivity contribution in [1.29, 1.82) is 0 Å². The number of amides is 3. The first-order chi connectivity index (χ1) is 12.1. The van der Waals surface area contributed by atoms with E-state index in [1.807, 2.05) is 48.5 Å². The number of rotatable bonds is 7. The molecule has 1 aliphatic heterocycles. The summed E-state index contributed by atoms with van der Waals surface area (Å²) < 4.78 is 1.70. The van der Waals surface area contributed by atoms with E-state index in [2.05, 4.69) is 10.6 Å². The van der Waals surface area contributed by atoms with Gasteiger partial charge in [0.25, 0.3) is 0 Å². The summed E-state index contributed by atoms with van der Waals surface area (Å²) in [6, 6.07) is -1.74. The highest BCUT2D eigenvalue weighted by atomic mass is 31.1. The highest BCUT2D eigenvalue weighted by molar-refractivity contribution is 7.36. The Labute approximate surface area is 160 Å². The number of carbonyl (C=O) groups is 3. The van der Waals surface area contributed by atoms with Crippen molar-refractivity contribution in [2.75, 3.05) is 6.16 Å². The molecule has 2 N–H and O–H groups in total. The van der Waals surface area contributed by atoms with Gasteiger partial charge in [-0.05, 0) is 39.1 Å². The second kappa shape index (κ2) is 10.2. The lowest BCUT2D eigenvalue weighted by Crippen LogP contribution is -2.54. The van der Waals surface area contributed by atoms with Gasteiger partial charge in [0.15, 0.2) is 0 Å². The Morgan fingerprint density at radius 2 is 1.62 bits per heavy atom. The molecular weight excluding hydrogens is 349 g/mol. The van der Waals surface area contributed by atoms with Crippen LogP contribution in [0.3, 0.4) is 0 Å². The molecule has 0 aromatic carbocycles. The Bertz CT molecular complexity index is 510. The molecule has 150 valence electrons. The average molecular weight is 385 g/mol. The van der Waals surface area contributed by atoms with Gasteiger partial charge in [0.2, 0.25) is 17.7 Å². The van der Waals surface area contributed by atoms with Crippen molar-refractivity contribution in [3.8, 4) is 0 Å². The molecule has 1 rings (SSSR count). The van der Waals surface area contributed by atoms with Crippen LogP contribution < -0.4 is 10.6 Å². The van der Waals surface area contributed by atoms with E-state index in [4.69, 9.17) is 0 Å². The molecule has 0 aromatic heterocycles. The van der Waals surface area contributed by atoms with E-state index < -0.39 is 18.1 Å². The van der Waals surface area contributed by atoms with Crippen LogP contribution in [0.5, 0.6) is 0 Å². The molecule has 5 atom stereocenters. The minimum atomic E-state index is -0.610. The van der Waals surface area contributed by atoms with Gasteiger partial charge in [-0.2, -0.15) is 0 Å². The number of carbonyl (C=O) groups excluding carboxylic acids is 3. The molecule has 6 nitrogen and oxygen atoms in total. The largest absolute Gasteiger partial charge is 0.342 e. The van der Waals surface area contributed by atoms with E-state index in [0.717, 1.165) is 12.6 Å². The topological polar surface area (TPSA) is 78.5 Å². The minimum Gasteiger partial charge on any atom is -0.342 e. The van der Waals surface area contributed by atoms with Crippen molar-refractivity contribution in [1.82, 2.24) is 15.3 Å². The third-order valence-electron chi connectivity index (χ3n) is 4.86. The molecule has 1 heterocycles. The Morgan fingerprint density at radius 1 is 1.00 bits per heavy atom. The molecule has 0 spiro atoms. The SMILES string of the molecule is CCPN1C(=O)[C@H](CC(C)C)NC(=O)[C@H](C(C)CC)NC(=O)[C@@H]1C(C)C. The summed E-state index contributed by atoms with van der Waals surface area (Å²) in [7, 11) is 0.226. The fourth-order valence-electron chi connectivity index (χ4n) is 3.26. The predicted octanol–water partition coefficient (Wildman–Crippen LogP) is 2.53. The van der Waals surface area contributed by atoms with Crippen LogP contribution in [-0.4, -0.2) is 46.7 Å². The van der Waals surface area contributed by atoms with Crippen molar-refractivity contribution in [2.24, 2.45) is 17.8 Å². The van der Waals surface area contributed by atoms with Crippen LogP contribution >= 0.6 is 8.73 Å². The smallest absolute Gasteiger partial charge is 0.248 e. The maximum Gasteiger partial charge on any atom is 0.248 e. The molecule has 3 amide bonds. The molecule has 0 saturated carbocycles. The van der Waals surface area contributed by atoms with Crippen LogP contribution in [0.4, 0.5) is 0 Å². The molecule has 1 fully saturated rings. The van der Waals surface area contributed by atoms with Crippen molar-refractivity contribution >= 4 is 26.5 Å². The lowest BCUT2D eigenvalue weighted by Gasteiger charge is -2.34. The summed E-state index contributed by atoms with van der Waals surface area (Å²) in [5.74, 6) is -0.369. The number of hydrogen-bond donors (Lipinski definition) is 2. The lowest BCUT2D eigenvalue weighted by molar-refractivity contribution is -0.137. The molecule has 2 unspecified atom stereocenters. The van der Waals surface area contributed by atoms with E-state index in [1.165, 1.54) is 0 Å².